The maximum absolute atomic E-state index is 12.7. The van der Waals surface area contributed by atoms with Crippen LogP contribution >= 0.6 is 23.5 Å². The Morgan fingerprint density at radius 1 is 0.585 bits per heavy atom. The minimum Gasteiger partial charge on any atom is -0.380 e. The van der Waals surface area contributed by atoms with Gasteiger partial charge in [0, 0.05) is 45.9 Å². The van der Waals surface area contributed by atoms with E-state index in [0.29, 0.717) is 45.6 Å². The van der Waals surface area contributed by atoms with Crippen LogP contribution in [-0.2, 0) is 4.74 Å². The third-order valence-electron chi connectivity index (χ3n) is 5.88. The van der Waals surface area contributed by atoms with Gasteiger partial charge in [-0.25, -0.2) is 0 Å². The number of carbonyl (C=O) groups is 2. The third kappa shape index (κ3) is 7.88. The molecule has 0 N–H and O–H groups in total. The second-order valence-corrected chi connectivity index (χ2v) is 10.9. The predicted octanol–water partition coefficient (Wildman–Crippen LogP) is 6.87. The molecule has 0 atom stereocenters. The second kappa shape index (κ2) is 14.4. The maximum atomic E-state index is 12.7. The number of hydrogen-bond acceptors (Lipinski definition) is 9. The highest BCUT2D eigenvalue weighted by atomic mass is 32.2. The van der Waals surface area contributed by atoms with Gasteiger partial charge in [-0.05, 0) is 24.3 Å². The number of nitro benzene ring substituents is 2. The number of benzene rings is 4. The molecule has 0 aliphatic heterocycles. The molecule has 0 saturated carbocycles. The Balaban J connectivity index is 1.27. The Bertz CT molecular complexity index is 1450. The number of ether oxygens (including phenoxy) is 1. The van der Waals surface area contributed by atoms with Crippen LogP contribution in [0.3, 0.4) is 0 Å². The summed E-state index contributed by atoms with van der Waals surface area (Å²) in [5, 5.41) is 23.3. The smallest absolute Gasteiger partial charge is 0.283 e. The van der Waals surface area contributed by atoms with Gasteiger partial charge in [0.25, 0.3) is 11.4 Å². The number of ketones is 2. The van der Waals surface area contributed by atoms with E-state index < -0.39 is 9.85 Å². The van der Waals surface area contributed by atoms with Gasteiger partial charge in [0.05, 0.1) is 32.9 Å². The lowest BCUT2D eigenvalue weighted by molar-refractivity contribution is -0.387. The van der Waals surface area contributed by atoms with Crippen LogP contribution in [0.15, 0.2) is 107 Å². The largest absolute Gasteiger partial charge is 0.380 e. The average molecular weight is 589 g/mol. The summed E-state index contributed by atoms with van der Waals surface area (Å²) in [6.07, 6.45) is 0. The normalized spacial score (nSPS) is 10.7. The molecule has 4 rings (SSSR count). The standard InChI is InChI=1S/C30H24N2O7S2/c33-29(21-7-3-1-4-8-21)23-11-13-27(25(19-23)31(35)36)40-17-15-39-16-18-41-28-14-12-24(20-26(28)32(37)38)30(34)22-9-5-2-6-10-22/h1-14,19-20H,15-18H2. The van der Waals surface area contributed by atoms with Gasteiger partial charge in [-0.1, -0.05) is 60.7 Å². The molecule has 0 saturated heterocycles. The minimum absolute atomic E-state index is 0.145. The quantitative estimate of drug-likeness (QED) is 0.0509. The van der Waals surface area contributed by atoms with E-state index >= 15 is 0 Å². The first kappa shape index (κ1) is 29.7. The van der Waals surface area contributed by atoms with Gasteiger partial charge in [0.1, 0.15) is 0 Å². The van der Waals surface area contributed by atoms with Gasteiger partial charge in [-0.3, -0.25) is 29.8 Å². The zero-order chi connectivity index (χ0) is 29.2. The summed E-state index contributed by atoms with van der Waals surface area (Å²) in [5.74, 6) is 0.300. The molecule has 0 aromatic heterocycles. The summed E-state index contributed by atoms with van der Waals surface area (Å²) in [6.45, 7) is 0.610. The molecule has 0 heterocycles. The minimum atomic E-state index is -0.507. The Morgan fingerprint density at radius 3 is 1.34 bits per heavy atom. The van der Waals surface area contributed by atoms with Crippen molar-refractivity contribution in [3.63, 3.8) is 0 Å². The highest BCUT2D eigenvalue weighted by Crippen LogP contribution is 2.32. The number of hydrogen-bond donors (Lipinski definition) is 0. The molecule has 0 aliphatic carbocycles. The molecule has 0 fully saturated rings. The van der Waals surface area contributed by atoms with E-state index in [4.69, 9.17) is 4.74 Å². The molecule has 0 amide bonds. The molecule has 208 valence electrons. The van der Waals surface area contributed by atoms with Crippen LogP contribution in [0, 0.1) is 20.2 Å². The van der Waals surface area contributed by atoms with Crippen LogP contribution in [-0.4, -0.2) is 46.1 Å². The molecular formula is C30H24N2O7S2. The van der Waals surface area contributed by atoms with E-state index in [1.165, 1.54) is 35.7 Å². The van der Waals surface area contributed by atoms with Gasteiger partial charge < -0.3 is 4.74 Å². The highest BCUT2D eigenvalue weighted by Gasteiger charge is 2.20. The molecule has 0 spiro atoms. The van der Waals surface area contributed by atoms with Gasteiger partial charge in [-0.2, -0.15) is 0 Å². The Morgan fingerprint density at radius 2 is 0.976 bits per heavy atom. The zero-order valence-corrected chi connectivity index (χ0v) is 23.3. The Hall–Kier alpha value is -4.32. The van der Waals surface area contributed by atoms with Crippen molar-refractivity contribution in [2.24, 2.45) is 0 Å². The molecule has 4 aromatic carbocycles. The van der Waals surface area contributed by atoms with Gasteiger partial charge in [-0.15, -0.1) is 23.5 Å². The molecule has 0 bridgehead atoms. The van der Waals surface area contributed by atoms with Crippen molar-refractivity contribution in [2.75, 3.05) is 24.7 Å². The number of nitrogens with zero attached hydrogens (tertiary/aromatic N) is 2. The summed E-state index contributed by atoms with van der Waals surface area (Å²) >= 11 is 2.50. The van der Waals surface area contributed by atoms with Crippen molar-refractivity contribution < 1.29 is 24.2 Å². The van der Waals surface area contributed by atoms with Gasteiger partial charge in [0.15, 0.2) is 11.6 Å². The Labute approximate surface area is 244 Å². The summed E-state index contributed by atoms with van der Waals surface area (Å²) in [4.78, 5) is 48.4. The molecule has 0 unspecified atom stereocenters. The van der Waals surface area contributed by atoms with E-state index in [9.17, 15) is 29.8 Å². The van der Waals surface area contributed by atoms with Crippen LogP contribution in [0.1, 0.15) is 31.8 Å². The lowest BCUT2D eigenvalue weighted by Gasteiger charge is -2.08. The predicted molar refractivity (Wildman–Crippen MR) is 158 cm³/mol. The number of thioether (sulfide) groups is 2. The number of rotatable bonds is 14. The van der Waals surface area contributed by atoms with E-state index in [2.05, 4.69) is 0 Å². The summed E-state index contributed by atoms with van der Waals surface area (Å²) in [7, 11) is 0. The summed E-state index contributed by atoms with van der Waals surface area (Å²) < 4.78 is 5.63. The maximum Gasteiger partial charge on any atom is 0.283 e. The molecule has 41 heavy (non-hydrogen) atoms. The molecule has 0 aliphatic rings. The van der Waals surface area contributed by atoms with Crippen molar-refractivity contribution in [1.82, 2.24) is 0 Å². The number of nitro groups is 2. The Kier molecular flexibility index (Phi) is 10.4. The van der Waals surface area contributed by atoms with Crippen LogP contribution in [0.5, 0.6) is 0 Å². The fourth-order valence-corrected chi connectivity index (χ4v) is 5.62. The van der Waals surface area contributed by atoms with Crippen LogP contribution in [0.4, 0.5) is 11.4 Å². The van der Waals surface area contributed by atoms with Crippen molar-refractivity contribution in [3.8, 4) is 0 Å². The van der Waals surface area contributed by atoms with E-state index in [0.717, 1.165) is 0 Å². The van der Waals surface area contributed by atoms with Crippen LogP contribution in [0.25, 0.3) is 0 Å². The van der Waals surface area contributed by atoms with Crippen molar-refractivity contribution in [2.45, 2.75) is 9.79 Å². The zero-order valence-electron chi connectivity index (χ0n) is 21.6. The summed E-state index contributed by atoms with van der Waals surface area (Å²) in [6, 6.07) is 26.0. The van der Waals surface area contributed by atoms with Crippen molar-refractivity contribution >= 4 is 46.5 Å². The first-order valence-electron chi connectivity index (χ1n) is 12.4. The molecule has 4 aromatic rings. The lowest BCUT2D eigenvalue weighted by Crippen LogP contribution is -2.04. The van der Waals surface area contributed by atoms with Crippen molar-refractivity contribution in [3.05, 3.63) is 140 Å². The van der Waals surface area contributed by atoms with Gasteiger partial charge in [0.2, 0.25) is 0 Å². The molecule has 11 heteroatoms. The fourth-order valence-electron chi connectivity index (χ4n) is 3.88. The molecular weight excluding hydrogens is 564 g/mol. The van der Waals surface area contributed by atoms with Gasteiger partial charge >= 0.3 is 0 Å². The van der Waals surface area contributed by atoms with E-state index in [-0.39, 0.29) is 34.1 Å². The second-order valence-electron chi connectivity index (χ2n) is 8.58. The van der Waals surface area contributed by atoms with Crippen LogP contribution in [0.2, 0.25) is 0 Å². The van der Waals surface area contributed by atoms with E-state index in [1.54, 1.807) is 84.9 Å². The SMILES string of the molecule is O=C(c1ccccc1)c1ccc(SCCOCCSc2ccc(C(=O)c3ccccc3)cc2[N+](=O)[O-])c([N+](=O)[O-])c1. The van der Waals surface area contributed by atoms with E-state index in [1.807, 2.05) is 0 Å². The first-order chi connectivity index (χ1) is 19.8. The lowest BCUT2D eigenvalue weighted by atomic mass is 10.0. The average Bonchev–Trinajstić information content (AvgIpc) is 3.00. The number of carbonyl (C=O) groups excluding carboxylic acids is 2. The summed E-state index contributed by atoms with van der Waals surface area (Å²) in [5.41, 5.74) is 1.10. The third-order valence-corrected chi connectivity index (χ3v) is 7.93. The monoisotopic (exact) mass is 588 g/mol. The highest BCUT2D eigenvalue weighted by molar-refractivity contribution is 7.99. The fraction of sp³-hybridized carbons (Fsp3) is 0.133. The topological polar surface area (TPSA) is 130 Å². The van der Waals surface area contributed by atoms with Crippen LogP contribution < -0.4 is 0 Å². The van der Waals surface area contributed by atoms with Crippen molar-refractivity contribution in [1.29, 1.82) is 0 Å². The molecule has 0 radical (unpaired) electrons. The first-order valence-corrected chi connectivity index (χ1v) is 14.4. The molecule has 9 nitrogen and oxygen atoms in total.